The van der Waals surface area contributed by atoms with Gasteiger partial charge < -0.3 is 5.32 Å². The van der Waals surface area contributed by atoms with Gasteiger partial charge >= 0.3 is 0 Å². The van der Waals surface area contributed by atoms with Gasteiger partial charge in [-0.15, -0.1) is 0 Å². The second-order valence-electron chi connectivity index (χ2n) is 4.91. The normalized spacial score (nSPS) is 16.8. The molecule has 0 saturated heterocycles. The Hall–Kier alpha value is -0.820. The second-order valence-corrected chi connectivity index (χ2v) is 7.26. The molecule has 2 rings (SSSR count). The van der Waals surface area contributed by atoms with E-state index in [-0.39, 0.29) is 26.5 Å². The van der Waals surface area contributed by atoms with Crippen molar-refractivity contribution in [3.63, 3.8) is 0 Å². The zero-order valence-electron chi connectivity index (χ0n) is 10.7. The van der Waals surface area contributed by atoms with Gasteiger partial charge in [0.1, 0.15) is 0 Å². The van der Waals surface area contributed by atoms with Crippen molar-refractivity contribution in [2.24, 2.45) is 11.1 Å². The Balaban J connectivity index is 2.34. The highest BCUT2D eigenvalue weighted by molar-refractivity contribution is 7.89. The summed E-state index contributed by atoms with van der Waals surface area (Å²) < 4.78 is 22.7. The Labute approximate surface area is 127 Å². The van der Waals surface area contributed by atoms with Gasteiger partial charge in [0.2, 0.25) is 10.0 Å². The van der Waals surface area contributed by atoms with Crippen LogP contribution >= 0.6 is 23.2 Å². The molecule has 1 aliphatic carbocycles. The second kappa shape index (κ2) is 5.52. The third kappa shape index (κ3) is 3.44. The van der Waals surface area contributed by atoms with Gasteiger partial charge in [0, 0.05) is 6.04 Å². The number of nitrogens with one attached hydrogen (secondary N) is 1. The average molecular weight is 337 g/mol. The lowest BCUT2D eigenvalue weighted by Crippen LogP contribution is -2.34. The topological polar surface area (TPSA) is 89.3 Å². The summed E-state index contributed by atoms with van der Waals surface area (Å²) in [6.07, 6.45) is 2.15. The first-order valence-electron chi connectivity index (χ1n) is 6.03. The molecule has 1 atom stereocenters. The van der Waals surface area contributed by atoms with Crippen molar-refractivity contribution in [2.75, 3.05) is 0 Å². The molecule has 5 nitrogen and oxygen atoms in total. The fourth-order valence-corrected chi connectivity index (χ4v) is 2.94. The molecule has 1 aromatic rings. The summed E-state index contributed by atoms with van der Waals surface area (Å²) in [7, 11) is -3.95. The molecule has 1 aromatic carbocycles. The van der Waals surface area contributed by atoms with Crippen LogP contribution in [0.3, 0.4) is 0 Å². The fourth-order valence-electron chi connectivity index (χ4n) is 1.89. The van der Waals surface area contributed by atoms with E-state index in [2.05, 4.69) is 5.32 Å². The van der Waals surface area contributed by atoms with Gasteiger partial charge in [0.25, 0.3) is 5.91 Å². The summed E-state index contributed by atoms with van der Waals surface area (Å²) in [6, 6.07) is 2.27. The minimum absolute atomic E-state index is 0.00971. The summed E-state index contributed by atoms with van der Waals surface area (Å²) in [5, 5.41) is 7.82. The third-order valence-electron chi connectivity index (χ3n) is 3.26. The van der Waals surface area contributed by atoms with Gasteiger partial charge in [-0.2, -0.15) is 0 Å². The van der Waals surface area contributed by atoms with Gasteiger partial charge in [-0.05, 0) is 37.8 Å². The molecule has 3 N–H and O–H groups in total. The molecule has 20 heavy (non-hydrogen) atoms. The van der Waals surface area contributed by atoms with Crippen LogP contribution in [0.5, 0.6) is 0 Å². The molecule has 0 radical (unpaired) electrons. The summed E-state index contributed by atoms with van der Waals surface area (Å²) in [6.45, 7) is 1.90. The van der Waals surface area contributed by atoms with Crippen molar-refractivity contribution in [1.82, 2.24) is 5.32 Å². The number of benzene rings is 1. The molecule has 1 saturated carbocycles. The van der Waals surface area contributed by atoms with Crippen LogP contribution in [0.4, 0.5) is 0 Å². The van der Waals surface area contributed by atoms with E-state index in [9.17, 15) is 13.2 Å². The molecule has 110 valence electrons. The number of sulfonamides is 1. The van der Waals surface area contributed by atoms with Crippen molar-refractivity contribution >= 4 is 39.1 Å². The van der Waals surface area contributed by atoms with E-state index in [1.165, 1.54) is 0 Å². The Kier molecular flexibility index (Phi) is 4.30. The maximum atomic E-state index is 12.1. The largest absolute Gasteiger partial charge is 0.349 e. The van der Waals surface area contributed by atoms with Gasteiger partial charge in [0.05, 0.1) is 20.5 Å². The standard InChI is InChI=1S/C12H14Cl2N2O3S/c1-6(7-2-3-7)16-12(17)9-4-8(20(15,18)19)5-10(13)11(9)14/h4-7H,2-3H2,1H3,(H,16,17)(H2,15,18,19). The monoisotopic (exact) mass is 336 g/mol. The van der Waals surface area contributed by atoms with Crippen molar-refractivity contribution in [3.05, 3.63) is 27.7 Å². The average Bonchev–Trinajstić information content (AvgIpc) is 3.14. The van der Waals surface area contributed by atoms with Crippen LogP contribution in [0.15, 0.2) is 17.0 Å². The lowest BCUT2D eigenvalue weighted by molar-refractivity contribution is 0.0936. The molecule has 0 spiro atoms. The Morgan fingerprint density at radius 2 is 2.00 bits per heavy atom. The van der Waals surface area contributed by atoms with E-state index in [1.807, 2.05) is 6.92 Å². The van der Waals surface area contributed by atoms with E-state index in [4.69, 9.17) is 28.3 Å². The zero-order chi connectivity index (χ0) is 15.1. The highest BCUT2D eigenvalue weighted by Gasteiger charge is 2.30. The number of carbonyl (C=O) groups is 1. The predicted molar refractivity (Wildman–Crippen MR) is 77.5 cm³/mol. The number of hydrogen-bond donors (Lipinski definition) is 2. The first kappa shape index (κ1) is 15.6. The Bertz CT molecular complexity index is 657. The first-order valence-corrected chi connectivity index (χ1v) is 8.33. The molecule has 0 bridgehead atoms. The number of amides is 1. The van der Waals surface area contributed by atoms with Crippen LogP contribution in [0.2, 0.25) is 10.0 Å². The van der Waals surface area contributed by atoms with Crippen LogP contribution in [-0.2, 0) is 10.0 Å². The number of hydrogen-bond acceptors (Lipinski definition) is 3. The number of nitrogens with two attached hydrogens (primary N) is 1. The van der Waals surface area contributed by atoms with Crippen LogP contribution in [0, 0.1) is 5.92 Å². The molecule has 1 unspecified atom stereocenters. The van der Waals surface area contributed by atoms with Gasteiger partial charge in [-0.3, -0.25) is 4.79 Å². The fraction of sp³-hybridized carbons (Fsp3) is 0.417. The van der Waals surface area contributed by atoms with E-state index >= 15 is 0 Å². The number of primary sulfonamides is 1. The van der Waals surface area contributed by atoms with Crippen LogP contribution in [0.1, 0.15) is 30.1 Å². The van der Waals surface area contributed by atoms with Gasteiger partial charge in [0.15, 0.2) is 0 Å². The van der Waals surface area contributed by atoms with Crippen LogP contribution in [0.25, 0.3) is 0 Å². The van der Waals surface area contributed by atoms with E-state index in [1.54, 1.807) is 0 Å². The highest BCUT2D eigenvalue weighted by Crippen LogP contribution is 2.33. The summed E-state index contributed by atoms with van der Waals surface area (Å²) in [5.41, 5.74) is 0.00990. The maximum Gasteiger partial charge on any atom is 0.253 e. The number of carbonyl (C=O) groups excluding carboxylic acids is 1. The quantitative estimate of drug-likeness (QED) is 0.882. The molecule has 1 aliphatic rings. The minimum Gasteiger partial charge on any atom is -0.349 e. The van der Waals surface area contributed by atoms with E-state index in [0.717, 1.165) is 25.0 Å². The minimum atomic E-state index is -3.95. The molecule has 8 heteroatoms. The van der Waals surface area contributed by atoms with E-state index in [0.29, 0.717) is 5.92 Å². The maximum absolute atomic E-state index is 12.1. The number of rotatable bonds is 4. The summed E-state index contributed by atoms with van der Waals surface area (Å²) in [5.74, 6) is 0.0106. The molecule has 0 aliphatic heterocycles. The SMILES string of the molecule is CC(NC(=O)c1cc(S(N)(=O)=O)cc(Cl)c1Cl)C1CC1. The van der Waals surface area contributed by atoms with Crippen molar-refractivity contribution in [3.8, 4) is 0 Å². The van der Waals surface area contributed by atoms with E-state index < -0.39 is 15.9 Å². The Morgan fingerprint density at radius 1 is 1.40 bits per heavy atom. The molecule has 1 fully saturated rings. The summed E-state index contributed by atoms with van der Waals surface area (Å²) >= 11 is 11.8. The lowest BCUT2D eigenvalue weighted by Gasteiger charge is -2.14. The lowest BCUT2D eigenvalue weighted by atomic mass is 10.1. The van der Waals surface area contributed by atoms with Gasteiger partial charge in [-0.1, -0.05) is 23.2 Å². The Morgan fingerprint density at radius 3 is 2.50 bits per heavy atom. The van der Waals surface area contributed by atoms with Crippen LogP contribution in [-0.4, -0.2) is 20.4 Å². The number of halogens is 2. The molecule has 0 aromatic heterocycles. The zero-order valence-corrected chi connectivity index (χ0v) is 13.0. The van der Waals surface area contributed by atoms with Crippen LogP contribution < -0.4 is 10.5 Å². The molecule has 1 amide bonds. The highest BCUT2D eigenvalue weighted by atomic mass is 35.5. The molecule has 0 heterocycles. The van der Waals surface area contributed by atoms with Crippen molar-refractivity contribution in [2.45, 2.75) is 30.7 Å². The smallest absolute Gasteiger partial charge is 0.253 e. The third-order valence-corrected chi connectivity index (χ3v) is 4.96. The first-order chi connectivity index (χ1) is 9.20. The summed E-state index contributed by atoms with van der Waals surface area (Å²) in [4.78, 5) is 11.9. The predicted octanol–water partition coefficient (Wildman–Crippen LogP) is 2.17. The van der Waals surface area contributed by atoms with Gasteiger partial charge in [-0.25, -0.2) is 13.6 Å². The van der Waals surface area contributed by atoms with Crippen molar-refractivity contribution < 1.29 is 13.2 Å². The molecular formula is C12H14Cl2N2O3S. The van der Waals surface area contributed by atoms with Crippen molar-refractivity contribution in [1.29, 1.82) is 0 Å². The molecular weight excluding hydrogens is 323 g/mol.